The van der Waals surface area contributed by atoms with Gasteiger partial charge in [0.1, 0.15) is 17.9 Å². The van der Waals surface area contributed by atoms with E-state index in [2.05, 4.69) is 15.5 Å². The van der Waals surface area contributed by atoms with Crippen LogP contribution in [0.25, 0.3) is 16.8 Å². The Morgan fingerprint density at radius 2 is 1.96 bits per heavy atom. The highest BCUT2D eigenvalue weighted by atomic mass is 16.2. The number of aryl methyl sites for hydroxylation is 1. The van der Waals surface area contributed by atoms with Gasteiger partial charge < -0.3 is 5.32 Å². The fourth-order valence-electron chi connectivity index (χ4n) is 2.59. The Hall–Kier alpha value is -2.96. The van der Waals surface area contributed by atoms with Crippen LogP contribution in [0.2, 0.25) is 0 Å². The van der Waals surface area contributed by atoms with Gasteiger partial charge in [0, 0.05) is 11.6 Å². The quantitative estimate of drug-likeness (QED) is 0.768. The van der Waals surface area contributed by atoms with E-state index in [0.717, 1.165) is 12.0 Å². The second-order valence-corrected chi connectivity index (χ2v) is 6.08. The van der Waals surface area contributed by atoms with Gasteiger partial charge in [-0.1, -0.05) is 37.3 Å². The summed E-state index contributed by atoms with van der Waals surface area (Å²) in [6.07, 6.45) is 0.829. The summed E-state index contributed by atoms with van der Waals surface area (Å²) >= 11 is 0. The average Bonchev–Trinajstić information content (AvgIpc) is 3.06. The molecule has 0 saturated heterocycles. The van der Waals surface area contributed by atoms with Crippen molar-refractivity contribution in [3.05, 3.63) is 52.6 Å². The molecule has 7 heteroatoms. The summed E-state index contributed by atoms with van der Waals surface area (Å²) in [6, 6.07) is 11.4. The van der Waals surface area contributed by atoms with Gasteiger partial charge in [-0.3, -0.25) is 9.59 Å². The molecule has 1 aromatic carbocycles. The molecule has 0 aliphatic heterocycles. The molecular weight excluding hydrogens is 318 g/mol. The molecule has 0 radical (unpaired) electrons. The standard InChI is InChI=1S/C18H21N5O2/c1-4-12(2)19-17(24)11-22-18(25)16-10-15(14-8-6-5-7-9-14)21-23(16)13(3)20-22/h5-10,12H,4,11H2,1-3H3,(H,19,24)/t12-/m1/s1. The van der Waals surface area contributed by atoms with Crippen molar-refractivity contribution in [3.8, 4) is 11.3 Å². The molecular formula is C18H21N5O2. The molecule has 1 atom stereocenters. The third-order valence-corrected chi connectivity index (χ3v) is 4.12. The Labute approximate surface area is 145 Å². The number of hydrogen-bond donors (Lipinski definition) is 1. The van der Waals surface area contributed by atoms with E-state index in [1.54, 1.807) is 13.0 Å². The monoisotopic (exact) mass is 339 g/mol. The Bertz CT molecular complexity index is 959. The number of carbonyl (C=O) groups is 1. The minimum absolute atomic E-state index is 0.0627. The molecule has 25 heavy (non-hydrogen) atoms. The van der Waals surface area contributed by atoms with Crippen LogP contribution in [-0.4, -0.2) is 31.3 Å². The number of amides is 1. The van der Waals surface area contributed by atoms with Crippen molar-refractivity contribution < 1.29 is 4.79 Å². The van der Waals surface area contributed by atoms with Gasteiger partial charge >= 0.3 is 0 Å². The molecule has 0 saturated carbocycles. The lowest BCUT2D eigenvalue weighted by molar-refractivity contribution is -0.122. The van der Waals surface area contributed by atoms with E-state index in [4.69, 9.17) is 0 Å². The second kappa shape index (κ2) is 6.88. The van der Waals surface area contributed by atoms with Crippen molar-refractivity contribution in [3.63, 3.8) is 0 Å². The number of rotatable bonds is 5. The molecule has 3 rings (SSSR count). The topological polar surface area (TPSA) is 81.3 Å². The van der Waals surface area contributed by atoms with E-state index >= 15 is 0 Å². The number of nitrogens with zero attached hydrogens (tertiary/aromatic N) is 4. The summed E-state index contributed by atoms with van der Waals surface area (Å²) in [5, 5.41) is 11.5. The zero-order valence-electron chi connectivity index (χ0n) is 14.6. The Morgan fingerprint density at radius 3 is 2.64 bits per heavy atom. The van der Waals surface area contributed by atoms with Gasteiger partial charge in [0.25, 0.3) is 5.56 Å². The van der Waals surface area contributed by atoms with Crippen LogP contribution in [0.15, 0.2) is 41.2 Å². The summed E-state index contributed by atoms with van der Waals surface area (Å²) < 4.78 is 2.71. The summed E-state index contributed by atoms with van der Waals surface area (Å²) in [6.45, 7) is 5.57. The molecule has 0 spiro atoms. The zero-order chi connectivity index (χ0) is 18.0. The van der Waals surface area contributed by atoms with E-state index in [0.29, 0.717) is 17.0 Å². The molecule has 2 heterocycles. The Morgan fingerprint density at radius 1 is 1.24 bits per heavy atom. The molecule has 0 fully saturated rings. The summed E-state index contributed by atoms with van der Waals surface area (Å²) in [5.74, 6) is 0.323. The van der Waals surface area contributed by atoms with Gasteiger partial charge in [-0.15, -0.1) is 0 Å². The predicted molar refractivity (Wildman–Crippen MR) is 95.3 cm³/mol. The van der Waals surface area contributed by atoms with Crippen LogP contribution in [0.3, 0.4) is 0 Å². The zero-order valence-corrected chi connectivity index (χ0v) is 14.6. The Balaban J connectivity index is 1.98. The van der Waals surface area contributed by atoms with Crippen LogP contribution >= 0.6 is 0 Å². The van der Waals surface area contributed by atoms with E-state index < -0.39 is 0 Å². The van der Waals surface area contributed by atoms with Gasteiger partial charge in [-0.2, -0.15) is 10.2 Å². The van der Waals surface area contributed by atoms with E-state index in [1.165, 1.54) is 9.20 Å². The third kappa shape index (κ3) is 3.45. The van der Waals surface area contributed by atoms with Gasteiger partial charge in [-0.25, -0.2) is 9.20 Å². The van der Waals surface area contributed by atoms with Crippen molar-refractivity contribution in [1.29, 1.82) is 0 Å². The summed E-state index contributed by atoms with van der Waals surface area (Å²) in [7, 11) is 0. The fourth-order valence-corrected chi connectivity index (χ4v) is 2.59. The average molecular weight is 339 g/mol. The van der Waals surface area contributed by atoms with Crippen LogP contribution in [-0.2, 0) is 11.3 Å². The highest BCUT2D eigenvalue weighted by Crippen LogP contribution is 2.18. The fraction of sp³-hybridized carbons (Fsp3) is 0.333. The summed E-state index contributed by atoms with van der Waals surface area (Å²) in [4.78, 5) is 24.8. The molecule has 0 aliphatic rings. The minimum atomic E-state index is -0.334. The lowest BCUT2D eigenvalue weighted by Gasteiger charge is -2.12. The highest BCUT2D eigenvalue weighted by molar-refractivity contribution is 5.76. The van der Waals surface area contributed by atoms with Crippen molar-refractivity contribution in [2.45, 2.75) is 39.8 Å². The van der Waals surface area contributed by atoms with Gasteiger partial charge in [0.15, 0.2) is 0 Å². The van der Waals surface area contributed by atoms with Crippen molar-refractivity contribution in [2.75, 3.05) is 0 Å². The molecule has 3 aromatic rings. The predicted octanol–water partition coefficient (Wildman–Crippen LogP) is 1.78. The largest absolute Gasteiger partial charge is 0.352 e. The molecule has 0 aliphatic carbocycles. The summed E-state index contributed by atoms with van der Waals surface area (Å²) in [5.41, 5.74) is 1.69. The number of hydrogen-bond acceptors (Lipinski definition) is 4. The number of nitrogens with one attached hydrogen (secondary N) is 1. The first-order valence-electron chi connectivity index (χ1n) is 8.32. The molecule has 2 aromatic heterocycles. The minimum Gasteiger partial charge on any atom is -0.352 e. The van der Waals surface area contributed by atoms with Crippen molar-refractivity contribution in [1.82, 2.24) is 24.7 Å². The lowest BCUT2D eigenvalue weighted by Crippen LogP contribution is -2.38. The van der Waals surface area contributed by atoms with E-state index in [-0.39, 0.29) is 24.1 Å². The number of carbonyl (C=O) groups excluding carboxylic acids is 1. The first-order chi connectivity index (χ1) is 12.0. The van der Waals surface area contributed by atoms with Gasteiger partial charge in [0.2, 0.25) is 5.91 Å². The lowest BCUT2D eigenvalue weighted by atomic mass is 10.1. The first-order valence-corrected chi connectivity index (χ1v) is 8.32. The molecule has 0 bridgehead atoms. The number of fused-ring (bicyclic) bond motifs is 1. The van der Waals surface area contributed by atoms with E-state index in [1.807, 2.05) is 44.2 Å². The van der Waals surface area contributed by atoms with Crippen LogP contribution in [0, 0.1) is 6.92 Å². The SMILES string of the molecule is CC[C@@H](C)NC(=O)Cn1nc(C)n2nc(-c3ccccc3)cc2c1=O. The van der Waals surface area contributed by atoms with Gasteiger partial charge in [0.05, 0.1) is 5.69 Å². The Kier molecular flexibility index (Phi) is 4.65. The van der Waals surface area contributed by atoms with Crippen molar-refractivity contribution in [2.24, 2.45) is 0 Å². The van der Waals surface area contributed by atoms with E-state index in [9.17, 15) is 9.59 Å². The normalized spacial score (nSPS) is 12.3. The molecule has 0 unspecified atom stereocenters. The molecule has 130 valence electrons. The maximum Gasteiger partial charge on any atom is 0.293 e. The maximum absolute atomic E-state index is 12.7. The van der Waals surface area contributed by atoms with Crippen LogP contribution < -0.4 is 10.9 Å². The second-order valence-electron chi connectivity index (χ2n) is 6.08. The first kappa shape index (κ1) is 16.9. The molecule has 1 amide bonds. The molecule has 7 nitrogen and oxygen atoms in total. The van der Waals surface area contributed by atoms with Gasteiger partial charge in [-0.05, 0) is 26.3 Å². The maximum atomic E-state index is 12.7. The highest BCUT2D eigenvalue weighted by Gasteiger charge is 2.15. The van der Waals surface area contributed by atoms with Crippen molar-refractivity contribution >= 4 is 11.4 Å². The van der Waals surface area contributed by atoms with Crippen LogP contribution in [0.5, 0.6) is 0 Å². The molecule has 1 N–H and O–H groups in total. The number of aromatic nitrogens is 4. The van der Waals surface area contributed by atoms with Crippen LogP contribution in [0.1, 0.15) is 26.1 Å². The third-order valence-electron chi connectivity index (χ3n) is 4.12. The number of benzene rings is 1. The smallest absolute Gasteiger partial charge is 0.293 e. The van der Waals surface area contributed by atoms with Crippen LogP contribution in [0.4, 0.5) is 0 Å².